The van der Waals surface area contributed by atoms with Crippen LogP contribution in [0.5, 0.6) is 0 Å². The summed E-state index contributed by atoms with van der Waals surface area (Å²) in [6.07, 6.45) is 1.02. The molecule has 2 rings (SSSR count). The highest BCUT2D eigenvalue weighted by atomic mass is 32.1. The number of thiazole rings is 1. The summed E-state index contributed by atoms with van der Waals surface area (Å²) in [6.45, 7) is 5.86. The molecular weight excluding hydrogens is 322 g/mol. The fraction of sp³-hybridized carbons (Fsp3) is 0.421. The van der Waals surface area contributed by atoms with Gasteiger partial charge in [0.2, 0.25) is 0 Å². The largest absolute Gasteiger partial charge is 0.481 e. The van der Waals surface area contributed by atoms with Gasteiger partial charge in [-0.3, -0.25) is 9.59 Å². The number of carbonyl (C=O) groups is 2. The quantitative estimate of drug-likeness (QED) is 0.771. The van der Waals surface area contributed by atoms with E-state index >= 15 is 0 Å². The molecule has 4 nitrogen and oxygen atoms in total. The van der Waals surface area contributed by atoms with E-state index in [0.717, 1.165) is 17.0 Å². The molecule has 0 radical (unpaired) electrons. The second kappa shape index (κ2) is 8.20. The first kappa shape index (κ1) is 18.3. The van der Waals surface area contributed by atoms with Crippen molar-refractivity contribution in [3.8, 4) is 10.6 Å². The first-order valence-electron chi connectivity index (χ1n) is 8.16. The molecule has 0 spiro atoms. The van der Waals surface area contributed by atoms with Gasteiger partial charge in [-0.05, 0) is 12.8 Å². The van der Waals surface area contributed by atoms with Gasteiger partial charge in [0.25, 0.3) is 0 Å². The number of carbonyl (C=O) groups excluding carboxylic acids is 1. The molecule has 0 fully saturated rings. The minimum Gasteiger partial charge on any atom is -0.481 e. The second-order valence-electron chi connectivity index (χ2n) is 6.26. The Morgan fingerprint density at radius 1 is 1.25 bits per heavy atom. The Morgan fingerprint density at radius 3 is 2.50 bits per heavy atom. The number of aryl methyl sites for hydroxylation is 1. The van der Waals surface area contributed by atoms with E-state index in [1.54, 1.807) is 0 Å². The fourth-order valence-electron chi connectivity index (χ4n) is 2.55. The number of carboxylic acids is 1. The third-order valence-corrected chi connectivity index (χ3v) is 5.26. The smallest absolute Gasteiger partial charge is 0.307 e. The van der Waals surface area contributed by atoms with E-state index in [4.69, 9.17) is 0 Å². The molecule has 1 aromatic carbocycles. The summed E-state index contributed by atoms with van der Waals surface area (Å²) in [6, 6.07) is 8.10. The average molecular weight is 345 g/mol. The van der Waals surface area contributed by atoms with Crippen LogP contribution in [-0.4, -0.2) is 21.8 Å². The lowest BCUT2D eigenvalue weighted by molar-refractivity contribution is -0.145. The molecule has 0 unspecified atom stereocenters. The van der Waals surface area contributed by atoms with Crippen molar-refractivity contribution < 1.29 is 14.7 Å². The van der Waals surface area contributed by atoms with Crippen molar-refractivity contribution in [1.82, 2.24) is 4.98 Å². The fourth-order valence-corrected chi connectivity index (χ4v) is 3.38. The zero-order chi connectivity index (χ0) is 17.7. The molecule has 2 aromatic rings. The van der Waals surface area contributed by atoms with E-state index in [9.17, 15) is 14.7 Å². The molecule has 128 valence electrons. The molecular formula is C19H23NO3S. The Labute approximate surface area is 146 Å². The van der Waals surface area contributed by atoms with Crippen LogP contribution in [0, 0.1) is 18.8 Å². The molecule has 0 aliphatic rings. The molecule has 0 aliphatic carbocycles. The highest BCUT2D eigenvalue weighted by Gasteiger charge is 2.26. The van der Waals surface area contributed by atoms with Gasteiger partial charge >= 0.3 is 5.97 Å². The van der Waals surface area contributed by atoms with Crippen LogP contribution in [-0.2, 0) is 16.0 Å². The van der Waals surface area contributed by atoms with Crippen molar-refractivity contribution in [3.63, 3.8) is 0 Å². The lowest BCUT2D eigenvalue weighted by Crippen LogP contribution is -2.25. The maximum atomic E-state index is 12.2. The molecule has 0 bridgehead atoms. The van der Waals surface area contributed by atoms with Gasteiger partial charge in [-0.25, -0.2) is 4.98 Å². The van der Waals surface area contributed by atoms with E-state index < -0.39 is 11.9 Å². The van der Waals surface area contributed by atoms with Gasteiger partial charge in [0.1, 0.15) is 10.8 Å². The number of aromatic nitrogens is 1. The molecule has 0 saturated carbocycles. The molecule has 24 heavy (non-hydrogen) atoms. The van der Waals surface area contributed by atoms with Gasteiger partial charge < -0.3 is 5.11 Å². The van der Waals surface area contributed by atoms with Crippen LogP contribution in [0.15, 0.2) is 29.6 Å². The summed E-state index contributed by atoms with van der Waals surface area (Å²) < 4.78 is 0. The van der Waals surface area contributed by atoms with Crippen molar-refractivity contribution in [2.24, 2.45) is 11.8 Å². The maximum absolute atomic E-state index is 12.2. The van der Waals surface area contributed by atoms with Crippen LogP contribution in [0.2, 0.25) is 0 Å². The van der Waals surface area contributed by atoms with Crippen molar-refractivity contribution in [2.45, 2.75) is 40.0 Å². The third-order valence-electron chi connectivity index (χ3n) is 4.32. The van der Waals surface area contributed by atoms with Gasteiger partial charge in [-0.1, -0.05) is 50.1 Å². The second-order valence-corrected chi connectivity index (χ2v) is 7.12. The minimum absolute atomic E-state index is 0.00926. The molecule has 1 N–H and O–H groups in total. The predicted molar refractivity (Wildman–Crippen MR) is 96.2 cm³/mol. The molecule has 1 aromatic heterocycles. The lowest BCUT2D eigenvalue weighted by atomic mass is 9.87. The minimum atomic E-state index is -0.892. The molecule has 2 atom stereocenters. The zero-order valence-corrected chi connectivity index (χ0v) is 15.1. The standard InChI is InChI=1S/C19H23NO3S/c1-4-13(3)17(19(22)23)10-16(21)9-15-11-24-18(20-15)14-7-5-12(2)6-8-14/h5-8,11,13,17H,4,9-10H2,1-3H3,(H,22,23)/t13-,17-/m0/s1. The van der Waals surface area contributed by atoms with Crippen LogP contribution < -0.4 is 0 Å². The SMILES string of the molecule is CC[C@H](C)[C@H](CC(=O)Cc1csc(-c2ccc(C)cc2)n1)C(=O)O. The van der Waals surface area contributed by atoms with Gasteiger partial charge in [0.15, 0.2) is 0 Å². The van der Waals surface area contributed by atoms with Crippen molar-refractivity contribution >= 4 is 23.1 Å². The third kappa shape index (κ3) is 4.74. The van der Waals surface area contributed by atoms with Gasteiger partial charge in [-0.15, -0.1) is 11.3 Å². The number of rotatable bonds is 8. The number of aliphatic carboxylic acids is 1. The Kier molecular flexibility index (Phi) is 6.26. The number of hydrogen-bond acceptors (Lipinski definition) is 4. The summed E-state index contributed by atoms with van der Waals surface area (Å²) in [4.78, 5) is 28.1. The maximum Gasteiger partial charge on any atom is 0.307 e. The highest BCUT2D eigenvalue weighted by Crippen LogP contribution is 2.25. The topological polar surface area (TPSA) is 67.3 Å². The number of Topliss-reactive ketones (excluding diaryl/α,β-unsaturated/α-hetero) is 1. The van der Waals surface area contributed by atoms with E-state index in [1.165, 1.54) is 16.9 Å². The van der Waals surface area contributed by atoms with Crippen LogP contribution >= 0.6 is 11.3 Å². The first-order chi connectivity index (χ1) is 11.4. The van der Waals surface area contributed by atoms with E-state index in [2.05, 4.69) is 4.98 Å². The normalized spacial score (nSPS) is 13.5. The van der Waals surface area contributed by atoms with Crippen LogP contribution in [0.25, 0.3) is 10.6 Å². The lowest BCUT2D eigenvalue weighted by Gasteiger charge is -2.17. The van der Waals surface area contributed by atoms with Gasteiger partial charge in [0.05, 0.1) is 11.6 Å². The Morgan fingerprint density at radius 2 is 1.92 bits per heavy atom. The van der Waals surface area contributed by atoms with Crippen molar-refractivity contribution in [3.05, 3.63) is 40.9 Å². The Balaban J connectivity index is 2.02. The van der Waals surface area contributed by atoms with Crippen molar-refractivity contribution in [1.29, 1.82) is 0 Å². The number of nitrogens with zero attached hydrogens (tertiary/aromatic N) is 1. The molecule has 0 aliphatic heterocycles. The molecule has 1 heterocycles. The monoisotopic (exact) mass is 345 g/mol. The summed E-state index contributed by atoms with van der Waals surface area (Å²) in [5, 5.41) is 12.1. The number of benzene rings is 1. The number of carboxylic acid groups (broad SMARTS) is 1. The molecule has 5 heteroatoms. The van der Waals surface area contributed by atoms with E-state index in [-0.39, 0.29) is 24.5 Å². The summed E-state index contributed by atoms with van der Waals surface area (Å²) in [5.74, 6) is -1.58. The first-order valence-corrected chi connectivity index (χ1v) is 9.04. The summed E-state index contributed by atoms with van der Waals surface area (Å²) >= 11 is 1.51. The predicted octanol–water partition coefficient (Wildman–Crippen LogP) is 4.37. The number of ketones is 1. The van der Waals surface area contributed by atoms with Crippen LogP contribution in [0.1, 0.15) is 37.9 Å². The molecule has 0 saturated heterocycles. The molecule has 0 amide bonds. The average Bonchev–Trinajstić information content (AvgIpc) is 3.00. The zero-order valence-electron chi connectivity index (χ0n) is 14.3. The summed E-state index contributed by atoms with van der Waals surface area (Å²) in [7, 11) is 0. The van der Waals surface area contributed by atoms with Gasteiger partial charge in [0, 0.05) is 23.8 Å². The Bertz CT molecular complexity index is 706. The summed E-state index contributed by atoms with van der Waals surface area (Å²) in [5.41, 5.74) is 2.94. The van der Waals surface area contributed by atoms with E-state index in [0.29, 0.717) is 5.69 Å². The highest BCUT2D eigenvalue weighted by molar-refractivity contribution is 7.13. The van der Waals surface area contributed by atoms with E-state index in [1.807, 2.05) is 50.4 Å². The van der Waals surface area contributed by atoms with Crippen LogP contribution in [0.4, 0.5) is 0 Å². The number of hydrogen-bond donors (Lipinski definition) is 1. The van der Waals surface area contributed by atoms with Crippen molar-refractivity contribution in [2.75, 3.05) is 0 Å². The van der Waals surface area contributed by atoms with Gasteiger partial charge in [-0.2, -0.15) is 0 Å². The van der Waals surface area contributed by atoms with Crippen LogP contribution in [0.3, 0.4) is 0 Å². The Hall–Kier alpha value is -2.01.